The molecule has 3 heterocycles. The van der Waals surface area contributed by atoms with E-state index in [9.17, 15) is 4.79 Å². The van der Waals surface area contributed by atoms with Crippen LogP contribution in [-0.4, -0.2) is 34.9 Å². The minimum Gasteiger partial charge on any atom is -0.355 e. The van der Waals surface area contributed by atoms with Crippen molar-refractivity contribution in [2.75, 3.05) is 24.5 Å². The van der Waals surface area contributed by atoms with Gasteiger partial charge in [-0.25, -0.2) is 4.98 Å². The summed E-state index contributed by atoms with van der Waals surface area (Å²) >= 11 is 0. The summed E-state index contributed by atoms with van der Waals surface area (Å²) in [5.74, 6) is 1.58. The molecule has 5 nitrogen and oxygen atoms in total. The highest BCUT2D eigenvalue weighted by atomic mass is 16.1. The number of para-hydroxylation sites is 2. The zero-order valence-electron chi connectivity index (χ0n) is 17.9. The average molecular weight is 413 g/mol. The number of carbonyl (C=O) groups is 1. The molecule has 1 N–H and O–H groups in total. The van der Waals surface area contributed by atoms with Crippen molar-refractivity contribution < 1.29 is 4.79 Å². The smallest absolute Gasteiger partial charge is 0.223 e. The molecule has 1 aliphatic heterocycles. The number of hydrogen-bond donors (Lipinski definition) is 1. The van der Waals surface area contributed by atoms with Crippen molar-refractivity contribution in [3.05, 3.63) is 78.5 Å². The van der Waals surface area contributed by atoms with E-state index in [1.54, 1.807) is 0 Å². The molecule has 158 valence electrons. The van der Waals surface area contributed by atoms with Gasteiger partial charge in [-0.2, -0.15) is 0 Å². The van der Waals surface area contributed by atoms with Crippen LogP contribution in [0.4, 0.5) is 5.82 Å². The molecule has 5 heteroatoms. The second kappa shape index (κ2) is 8.42. The molecular formula is C26H28N4O. The van der Waals surface area contributed by atoms with Gasteiger partial charge in [-0.05, 0) is 48.6 Å². The lowest BCUT2D eigenvalue weighted by Gasteiger charge is -2.33. The van der Waals surface area contributed by atoms with Crippen LogP contribution >= 0.6 is 0 Å². The Morgan fingerprint density at radius 2 is 1.71 bits per heavy atom. The predicted molar refractivity (Wildman–Crippen MR) is 126 cm³/mol. The van der Waals surface area contributed by atoms with Crippen LogP contribution in [0.15, 0.2) is 72.9 Å². The Hall–Kier alpha value is -3.34. The number of hydrogen-bond acceptors (Lipinski definition) is 3. The molecule has 31 heavy (non-hydrogen) atoms. The van der Waals surface area contributed by atoms with Gasteiger partial charge in [0.1, 0.15) is 0 Å². The van der Waals surface area contributed by atoms with Crippen LogP contribution in [0, 0.1) is 5.92 Å². The second-order valence-corrected chi connectivity index (χ2v) is 8.51. The van der Waals surface area contributed by atoms with Gasteiger partial charge in [-0.3, -0.25) is 4.79 Å². The summed E-state index contributed by atoms with van der Waals surface area (Å²) in [7, 11) is 0. The summed E-state index contributed by atoms with van der Waals surface area (Å²) in [6.45, 7) is 4.53. The van der Waals surface area contributed by atoms with Gasteiger partial charge in [-0.15, -0.1) is 0 Å². The van der Waals surface area contributed by atoms with E-state index < -0.39 is 0 Å². The second-order valence-electron chi connectivity index (χ2n) is 8.51. The van der Waals surface area contributed by atoms with Gasteiger partial charge < -0.3 is 14.6 Å². The molecule has 5 rings (SSSR count). The molecule has 0 unspecified atom stereocenters. The van der Waals surface area contributed by atoms with E-state index in [1.165, 1.54) is 5.56 Å². The van der Waals surface area contributed by atoms with Crippen molar-refractivity contribution in [3.63, 3.8) is 0 Å². The van der Waals surface area contributed by atoms with E-state index in [4.69, 9.17) is 4.98 Å². The van der Waals surface area contributed by atoms with Gasteiger partial charge in [0.2, 0.25) is 5.91 Å². The van der Waals surface area contributed by atoms with E-state index in [0.29, 0.717) is 12.5 Å². The SMILES string of the molecule is C[C@@H](CNC(=O)C1CCN(c2nc3ccccc3n3cccc23)CC1)c1ccccc1. The molecular weight excluding hydrogens is 384 g/mol. The summed E-state index contributed by atoms with van der Waals surface area (Å²) in [5.41, 5.74) is 4.50. The van der Waals surface area contributed by atoms with Gasteiger partial charge in [0.05, 0.1) is 16.6 Å². The maximum atomic E-state index is 12.8. The number of aromatic nitrogens is 2. The summed E-state index contributed by atoms with van der Waals surface area (Å²) in [4.78, 5) is 20.1. The monoisotopic (exact) mass is 412 g/mol. The number of carbonyl (C=O) groups excluding carboxylic acids is 1. The summed E-state index contributed by atoms with van der Waals surface area (Å²) in [5, 5.41) is 3.18. The topological polar surface area (TPSA) is 49.6 Å². The first-order valence-corrected chi connectivity index (χ1v) is 11.1. The molecule has 0 radical (unpaired) electrons. The number of rotatable bonds is 5. The van der Waals surface area contributed by atoms with Crippen molar-refractivity contribution in [1.82, 2.24) is 14.7 Å². The Morgan fingerprint density at radius 1 is 1.00 bits per heavy atom. The van der Waals surface area contributed by atoms with Gasteiger partial charge in [0.15, 0.2) is 5.82 Å². The van der Waals surface area contributed by atoms with Crippen LogP contribution in [0.3, 0.4) is 0 Å². The van der Waals surface area contributed by atoms with Crippen molar-refractivity contribution in [1.29, 1.82) is 0 Å². The first kappa shape index (κ1) is 19.6. The molecule has 1 fully saturated rings. The fourth-order valence-electron chi connectivity index (χ4n) is 4.59. The number of benzene rings is 2. The van der Waals surface area contributed by atoms with Crippen LogP contribution in [-0.2, 0) is 4.79 Å². The molecule has 0 spiro atoms. The van der Waals surface area contributed by atoms with Gasteiger partial charge >= 0.3 is 0 Å². The van der Waals surface area contributed by atoms with Crippen LogP contribution in [0.2, 0.25) is 0 Å². The first-order valence-electron chi connectivity index (χ1n) is 11.1. The molecule has 1 atom stereocenters. The van der Waals surface area contributed by atoms with Crippen LogP contribution in [0.1, 0.15) is 31.2 Å². The standard InChI is InChI=1S/C26H28N4O/c1-19(20-8-3-2-4-9-20)18-27-26(31)21-13-16-29(17-14-21)25-24-12-7-15-30(24)23-11-6-5-10-22(23)28-25/h2-12,15,19,21H,13-14,16-18H2,1H3,(H,27,31)/t19-/m0/s1. The molecule has 0 bridgehead atoms. The van der Waals surface area contributed by atoms with Crippen LogP contribution in [0.5, 0.6) is 0 Å². The highest BCUT2D eigenvalue weighted by molar-refractivity contribution is 5.85. The Kier molecular flexibility index (Phi) is 5.33. The van der Waals surface area contributed by atoms with Crippen LogP contribution in [0.25, 0.3) is 16.6 Å². The summed E-state index contributed by atoms with van der Waals surface area (Å²) in [6.07, 6.45) is 3.80. The molecule has 0 aliphatic carbocycles. The van der Waals surface area contributed by atoms with Crippen molar-refractivity contribution >= 4 is 28.3 Å². The quantitative estimate of drug-likeness (QED) is 0.520. The normalized spacial score (nSPS) is 16.0. The number of amides is 1. The summed E-state index contributed by atoms with van der Waals surface area (Å²) < 4.78 is 2.21. The third kappa shape index (κ3) is 3.88. The van der Waals surface area contributed by atoms with Gasteiger partial charge in [0, 0.05) is 31.7 Å². The van der Waals surface area contributed by atoms with E-state index in [0.717, 1.165) is 48.3 Å². The largest absolute Gasteiger partial charge is 0.355 e. The Bertz CT molecular complexity index is 1190. The van der Waals surface area contributed by atoms with Gasteiger partial charge in [0.25, 0.3) is 0 Å². The fourth-order valence-corrected chi connectivity index (χ4v) is 4.59. The van der Waals surface area contributed by atoms with E-state index in [2.05, 4.69) is 64.1 Å². The Morgan fingerprint density at radius 3 is 2.52 bits per heavy atom. The van der Waals surface area contributed by atoms with Crippen molar-refractivity contribution in [2.24, 2.45) is 5.92 Å². The zero-order valence-corrected chi connectivity index (χ0v) is 17.9. The molecule has 1 aliphatic rings. The van der Waals surface area contributed by atoms with Crippen molar-refractivity contribution in [3.8, 4) is 0 Å². The minimum atomic E-state index is 0.0717. The maximum Gasteiger partial charge on any atom is 0.223 e. The Balaban J connectivity index is 1.24. The predicted octanol–water partition coefficient (Wildman–Crippen LogP) is 4.62. The molecule has 1 amide bonds. The molecule has 2 aromatic heterocycles. The molecule has 0 saturated carbocycles. The number of anilines is 1. The molecule has 1 saturated heterocycles. The number of nitrogens with one attached hydrogen (secondary N) is 1. The number of nitrogens with zero attached hydrogens (tertiary/aromatic N) is 3. The third-order valence-electron chi connectivity index (χ3n) is 6.46. The maximum absolute atomic E-state index is 12.8. The average Bonchev–Trinajstić information content (AvgIpc) is 3.33. The lowest BCUT2D eigenvalue weighted by Crippen LogP contribution is -2.41. The number of piperidine rings is 1. The highest BCUT2D eigenvalue weighted by Crippen LogP contribution is 2.29. The fraction of sp³-hybridized carbons (Fsp3) is 0.308. The van der Waals surface area contributed by atoms with E-state index in [-0.39, 0.29) is 11.8 Å². The lowest BCUT2D eigenvalue weighted by molar-refractivity contribution is -0.125. The Labute approximate surface area is 182 Å². The molecule has 2 aromatic carbocycles. The highest BCUT2D eigenvalue weighted by Gasteiger charge is 2.27. The van der Waals surface area contributed by atoms with E-state index >= 15 is 0 Å². The van der Waals surface area contributed by atoms with E-state index in [1.807, 2.05) is 30.3 Å². The van der Waals surface area contributed by atoms with Crippen LogP contribution < -0.4 is 10.2 Å². The van der Waals surface area contributed by atoms with Gasteiger partial charge in [-0.1, -0.05) is 49.4 Å². The first-order chi connectivity index (χ1) is 15.2. The molecule has 4 aromatic rings. The minimum absolute atomic E-state index is 0.0717. The zero-order chi connectivity index (χ0) is 21.2. The lowest BCUT2D eigenvalue weighted by atomic mass is 9.95. The summed E-state index contributed by atoms with van der Waals surface area (Å²) in [6, 6.07) is 22.8. The van der Waals surface area contributed by atoms with Crippen molar-refractivity contribution in [2.45, 2.75) is 25.7 Å². The third-order valence-corrected chi connectivity index (χ3v) is 6.46. The number of fused-ring (bicyclic) bond motifs is 3.